The minimum Gasteiger partial charge on any atom is -0.364 e. The van der Waals surface area contributed by atoms with Crippen LogP contribution in [0.2, 0.25) is 0 Å². The molecule has 0 atom stereocenters. The van der Waals surface area contributed by atoms with Gasteiger partial charge in [0.25, 0.3) is 5.91 Å². The number of nitrogens with one attached hydrogen (secondary N) is 1. The van der Waals surface area contributed by atoms with Crippen LogP contribution in [0.15, 0.2) is 30.3 Å². The van der Waals surface area contributed by atoms with Gasteiger partial charge in [0.2, 0.25) is 10.0 Å². The van der Waals surface area contributed by atoms with E-state index in [9.17, 15) is 17.6 Å². The molecule has 3 N–H and O–H groups in total. The molecule has 134 valence electrons. The molecule has 2 aromatic rings. The first-order valence-electron chi connectivity index (χ1n) is 7.92. The summed E-state index contributed by atoms with van der Waals surface area (Å²) in [5.41, 5.74) is 6.72. The molecule has 0 spiro atoms. The third-order valence-corrected chi connectivity index (χ3v) is 6.25. The number of hydrogen-bond donors (Lipinski definition) is 2. The fourth-order valence-electron chi connectivity index (χ4n) is 3.00. The van der Waals surface area contributed by atoms with Gasteiger partial charge in [-0.25, -0.2) is 17.1 Å². The number of piperidine rings is 1. The van der Waals surface area contributed by atoms with E-state index in [1.165, 1.54) is 28.6 Å². The summed E-state index contributed by atoms with van der Waals surface area (Å²) in [6, 6.07) is 7.10. The van der Waals surface area contributed by atoms with Gasteiger partial charge >= 0.3 is 0 Å². The molecule has 0 bridgehead atoms. The van der Waals surface area contributed by atoms with Gasteiger partial charge in [0, 0.05) is 24.7 Å². The lowest BCUT2D eigenvalue weighted by Gasteiger charge is -2.30. The van der Waals surface area contributed by atoms with Crippen LogP contribution in [0, 0.1) is 5.82 Å². The molecule has 9 heteroatoms. The lowest BCUT2D eigenvalue weighted by molar-refractivity contribution is 0.0995. The molecule has 1 aromatic carbocycles. The Balaban J connectivity index is 1.62. The van der Waals surface area contributed by atoms with Crippen molar-refractivity contribution in [2.75, 3.05) is 13.1 Å². The standard InChI is InChI=1S/C16H19FN4O3S/c17-13-3-1-11(2-4-13)10-25(23,24)21-7-5-12(6-8-21)14-9-15(16(18)22)20-19-14/h1-4,9,12H,5-8,10H2,(H2,18,22)(H,19,20). The number of nitrogens with zero attached hydrogens (tertiary/aromatic N) is 2. The van der Waals surface area contributed by atoms with Gasteiger partial charge in [0.05, 0.1) is 5.75 Å². The van der Waals surface area contributed by atoms with Crippen molar-refractivity contribution in [2.24, 2.45) is 5.73 Å². The predicted molar refractivity (Wildman–Crippen MR) is 89.7 cm³/mol. The lowest BCUT2D eigenvalue weighted by Crippen LogP contribution is -2.38. The zero-order valence-electron chi connectivity index (χ0n) is 13.5. The van der Waals surface area contributed by atoms with E-state index >= 15 is 0 Å². The van der Waals surface area contributed by atoms with Crippen LogP contribution in [-0.4, -0.2) is 41.9 Å². The van der Waals surface area contributed by atoms with Gasteiger partial charge in [0.1, 0.15) is 11.5 Å². The van der Waals surface area contributed by atoms with Crippen LogP contribution in [0.4, 0.5) is 4.39 Å². The maximum Gasteiger partial charge on any atom is 0.269 e. The Labute approximate surface area is 145 Å². The summed E-state index contributed by atoms with van der Waals surface area (Å²) in [6.45, 7) is 0.776. The minimum atomic E-state index is -3.45. The summed E-state index contributed by atoms with van der Waals surface area (Å²) in [5, 5.41) is 6.66. The first-order chi connectivity index (χ1) is 11.8. The number of halogens is 1. The van der Waals surface area contributed by atoms with E-state index in [2.05, 4.69) is 10.2 Å². The molecule has 7 nitrogen and oxygen atoms in total. The molecule has 25 heavy (non-hydrogen) atoms. The molecule has 0 aliphatic carbocycles. The second-order valence-electron chi connectivity index (χ2n) is 6.13. The molecule has 0 saturated carbocycles. The van der Waals surface area contributed by atoms with E-state index in [-0.39, 0.29) is 17.4 Å². The number of primary amides is 1. The van der Waals surface area contributed by atoms with E-state index < -0.39 is 21.7 Å². The molecule has 1 aliphatic heterocycles. The van der Waals surface area contributed by atoms with Gasteiger partial charge in [-0.15, -0.1) is 0 Å². The highest BCUT2D eigenvalue weighted by Crippen LogP contribution is 2.29. The van der Waals surface area contributed by atoms with E-state index in [1.807, 2.05) is 0 Å². The third-order valence-electron chi connectivity index (χ3n) is 4.40. The first kappa shape index (κ1) is 17.6. The first-order valence-corrected chi connectivity index (χ1v) is 9.53. The van der Waals surface area contributed by atoms with E-state index in [0.29, 0.717) is 31.5 Å². The largest absolute Gasteiger partial charge is 0.364 e. The van der Waals surface area contributed by atoms with Gasteiger partial charge < -0.3 is 5.73 Å². The van der Waals surface area contributed by atoms with Crippen molar-refractivity contribution >= 4 is 15.9 Å². The number of aromatic nitrogens is 2. The summed E-state index contributed by atoms with van der Waals surface area (Å²) in [6.07, 6.45) is 1.26. The van der Waals surface area contributed by atoms with Crippen LogP contribution < -0.4 is 5.73 Å². The van der Waals surface area contributed by atoms with Crippen LogP contribution >= 0.6 is 0 Å². The number of sulfonamides is 1. The highest BCUT2D eigenvalue weighted by atomic mass is 32.2. The fraction of sp³-hybridized carbons (Fsp3) is 0.375. The number of carbonyl (C=O) groups is 1. The fourth-order valence-corrected chi connectivity index (χ4v) is 4.56. The second kappa shape index (κ2) is 6.93. The second-order valence-corrected chi connectivity index (χ2v) is 8.10. The average molecular weight is 366 g/mol. The van der Waals surface area contributed by atoms with Crippen LogP contribution in [0.1, 0.15) is 40.5 Å². The Hall–Kier alpha value is -2.26. The Morgan fingerprint density at radius 1 is 1.28 bits per heavy atom. The molecule has 2 heterocycles. The van der Waals surface area contributed by atoms with Crippen molar-refractivity contribution < 1.29 is 17.6 Å². The highest BCUT2D eigenvalue weighted by Gasteiger charge is 2.29. The van der Waals surface area contributed by atoms with Crippen LogP contribution in [0.3, 0.4) is 0 Å². The minimum absolute atomic E-state index is 0.109. The normalized spacial score (nSPS) is 16.8. The van der Waals surface area contributed by atoms with Gasteiger partial charge in [-0.2, -0.15) is 5.10 Å². The van der Waals surface area contributed by atoms with Gasteiger partial charge in [-0.3, -0.25) is 9.89 Å². The molecular formula is C16H19FN4O3S. The Morgan fingerprint density at radius 3 is 2.48 bits per heavy atom. The van der Waals surface area contributed by atoms with Crippen LogP contribution in [0.5, 0.6) is 0 Å². The summed E-state index contributed by atoms with van der Waals surface area (Å²) in [7, 11) is -3.45. The molecule has 1 aliphatic rings. The van der Waals surface area contributed by atoms with Crippen molar-refractivity contribution in [3.8, 4) is 0 Å². The van der Waals surface area contributed by atoms with Gasteiger partial charge in [0.15, 0.2) is 0 Å². The zero-order chi connectivity index (χ0) is 18.0. The molecule has 0 radical (unpaired) electrons. The molecule has 1 amide bonds. The number of aromatic amines is 1. The maximum absolute atomic E-state index is 12.9. The Bertz CT molecular complexity index is 856. The van der Waals surface area contributed by atoms with Crippen LogP contribution in [0.25, 0.3) is 0 Å². The van der Waals surface area contributed by atoms with Crippen molar-refractivity contribution in [3.05, 3.63) is 53.1 Å². The van der Waals surface area contributed by atoms with Gasteiger partial charge in [-0.05, 0) is 36.6 Å². The quantitative estimate of drug-likeness (QED) is 0.832. The van der Waals surface area contributed by atoms with E-state index in [1.54, 1.807) is 6.07 Å². The summed E-state index contributed by atoms with van der Waals surface area (Å²) < 4.78 is 39.4. The maximum atomic E-state index is 12.9. The number of carbonyl (C=O) groups excluding carboxylic acids is 1. The van der Waals surface area contributed by atoms with Crippen LogP contribution in [-0.2, 0) is 15.8 Å². The van der Waals surface area contributed by atoms with Crippen molar-refractivity contribution in [2.45, 2.75) is 24.5 Å². The zero-order valence-corrected chi connectivity index (χ0v) is 14.3. The SMILES string of the molecule is NC(=O)c1cc(C2CCN(S(=O)(=O)Cc3ccc(F)cc3)CC2)[nH]n1. The van der Waals surface area contributed by atoms with Crippen molar-refractivity contribution in [1.29, 1.82) is 0 Å². The summed E-state index contributed by atoms with van der Waals surface area (Å²) in [5.74, 6) is -1.02. The number of amides is 1. The topological polar surface area (TPSA) is 109 Å². The third kappa shape index (κ3) is 4.05. The molecular weight excluding hydrogens is 347 g/mol. The smallest absolute Gasteiger partial charge is 0.269 e. The summed E-state index contributed by atoms with van der Waals surface area (Å²) in [4.78, 5) is 11.1. The molecule has 0 unspecified atom stereocenters. The lowest BCUT2D eigenvalue weighted by atomic mass is 9.94. The number of hydrogen-bond acceptors (Lipinski definition) is 4. The number of benzene rings is 1. The van der Waals surface area contributed by atoms with Gasteiger partial charge in [-0.1, -0.05) is 12.1 Å². The molecule has 1 fully saturated rings. The number of rotatable bonds is 5. The Morgan fingerprint density at radius 2 is 1.92 bits per heavy atom. The predicted octanol–water partition coefficient (Wildman–Crippen LogP) is 1.36. The monoisotopic (exact) mass is 366 g/mol. The number of H-pyrrole nitrogens is 1. The number of nitrogens with two attached hydrogens (primary N) is 1. The molecule has 3 rings (SSSR count). The molecule has 1 aromatic heterocycles. The van der Waals surface area contributed by atoms with Crippen molar-refractivity contribution in [3.63, 3.8) is 0 Å². The Kier molecular flexibility index (Phi) is 4.87. The summed E-state index contributed by atoms with van der Waals surface area (Å²) >= 11 is 0. The van der Waals surface area contributed by atoms with Crippen molar-refractivity contribution in [1.82, 2.24) is 14.5 Å². The average Bonchev–Trinajstić information content (AvgIpc) is 3.07. The molecule has 1 saturated heterocycles. The highest BCUT2D eigenvalue weighted by molar-refractivity contribution is 7.88. The van der Waals surface area contributed by atoms with E-state index in [4.69, 9.17) is 5.73 Å². The van der Waals surface area contributed by atoms with E-state index in [0.717, 1.165) is 5.69 Å².